The molecule has 0 saturated heterocycles. The number of aliphatic hydroxyl groups excluding tert-OH is 2. The summed E-state index contributed by atoms with van der Waals surface area (Å²) in [5.41, 5.74) is -0.639. The van der Waals surface area contributed by atoms with E-state index in [2.05, 4.69) is 20.5 Å². The van der Waals surface area contributed by atoms with E-state index in [4.69, 9.17) is 0 Å². The third-order valence-electron chi connectivity index (χ3n) is 5.00. The van der Waals surface area contributed by atoms with E-state index in [9.17, 15) is 28.5 Å². The van der Waals surface area contributed by atoms with Crippen LogP contribution in [0, 0.1) is 0 Å². The summed E-state index contributed by atoms with van der Waals surface area (Å²) in [7, 11) is 0. The van der Waals surface area contributed by atoms with Crippen molar-refractivity contribution in [1.82, 2.24) is 15.2 Å². The van der Waals surface area contributed by atoms with Crippen LogP contribution in [0.25, 0.3) is 22.0 Å². The van der Waals surface area contributed by atoms with E-state index in [1.54, 1.807) is 6.07 Å². The number of phenolic OH excluding ortho intramolecular Hbond substituents is 1. The summed E-state index contributed by atoms with van der Waals surface area (Å²) < 4.78 is 38.6. The normalized spacial score (nSPS) is 20.3. The molecule has 152 valence electrons. The number of anilines is 1. The molecule has 2 aromatic heterocycles. The Morgan fingerprint density at radius 2 is 1.72 bits per heavy atom. The van der Waals surface area contributed by atoms with Crippen LogP contribution in [0.4, 0.5) is 19.0 Å². The van der Waals surface area contributed by atoms with Gasteiger partial charge in [0.2, 0.25) is 0 Å². The lowest BCUT2D eigenvalue weighted by Gasteiger charge is -2.16. The molecule has 4 rings (SSSR count). The first-order valence-electron chi connectivity index (χ1n) is 8.87. The number of pyridine rings is 1. The highest BCUT2D eigenvalue weighted by atomic mass is 19.4. The maximum absolute atomic E-state index is 12.9. The number of fused-ring (bicyclic) bond motifs is 1. The second-order valence-corrected chi connectivity index (χ2v) is 7.00. The molecule has 0 aliphatic heterocycles. The zero-order chi connectivity index (χ0) is 20.8. The number of aromatic hydroxyl groups is 1. The molecular weight excluding hydrogens is 389 g/mol. The van der Waals surface area contributed by atoms with Gasteiger partial charge in [0.1, 0.15) is 11.4 Å². The van der Waals surface area contributed by atoms with Crippen molar-refractivity contribution in [3.8, 4) is 17.0 Å². The van der Waals surface area contributed by atoms with Crippen LogP contribution in [0.2, 0.25) is 0 Å². The van der Waals surface area contributed by atoms with Crippen LogP contribution in [-0.2, 0) is 6.18 Å². The highest BCUT2D eigenvalue weighted by Crippen LogP contribution is 2.38. The number of rotatable bonds is 3. The van der Waals surface area contributed by atoms with Gasteiger partial charge in [-0.2, -0.15) is 13.2 Å². The molecule has 0 amide bonds. The van der Waals surface area contributed by atoms with Gasteiger partial charge in [0.25, 0.3) is 0 Å². The van der Waals surface area contributed by atoms with E-state index in [0.29, 0.717) is 35.5 Å². The van der Waals surface area contributed by atoms with Gasteiger partial charge in [-0.15, -0.1) is 10.2 Å². The van der Waals surface area contributed by atoms with Gasteiger partial charge >= 0.3 is 6.18 Å². The number of hydrogen-bond acceptors (Lipinski definition) is 7. The van der Waals surface area contributed by atoms with Gasteiger partial charge in [0.15, 0.2) is 5.82 Å². The summed E-state index contributed by atoms with van der Waals surface area (Å²) in [6.45, 7) is 0. The minimum Gasteiger partial charge on any atom is -0.507 e. The quantitative estimate of drug-likeness (QED) is 0.529. The number of aromatic nitrogens is 3. The van der Waals surface area contributed by atoms with E-state index >= 15 is 0 Å². The summed E-state index contributed by atoms with van der Waals surface area (Å²) in [5, 5.41) is 42.0. The molecule has 4 N–H and O–H groups in total. The number of alkyl halides is 3. The van der Waals surface area contributed by atoms with Gasteiger partial charge in [-0.3, -0.25) is 4.98 Å². The molecule has 1 aliphatic rings. The molecule has 29 heavy (non-hydrogen) atoms. The van der Waals surface area contributed by atoms with Crippen LogP contribution in [0.3, 0.4) is 0 Å². The van der Waals surface area contributed by atoms with Crippen LogP contribution < -0.4 is 5.32 Å². The summed E-state index contributed by atoms with van der Waals surface area (Å²) in [6.07, 6.45) is -2.52. The molecule has 0 spiro atoms. The largest absolute Gasteiger partial charge is 0.507 e. The zero-order valence-corrected chi connectivity index (χ0v) is 14.9. The first kappa shape index (κ1) is 19.3. The number of aliphatic hydroxyl groups is 2. The fourth-order valence-electron chi connectivity index (χ4n) is 3.52. The Kier molecular flexibility index (Phi) is 4.75. The lowest BCUT2D eigenvalue weighted by atomic mass is 10.0. The predicted molar refractivity (Wildman–Crippen MR) is 98.1 cm³/mol. The first-order chi connectivity index (χ1) is 13.7. The highest BCUT2D eigenvalue weighted by molar-refractivity contribution is 6.00. The van der Waals surface area contributed by atoms with E-state index in [1.807, 2.05) is 0 Å². The van der Waals surface area contributed by atoms with Crippen molar-refractivity contribution >= 4 is 16.6 Å². The van der Waals surface area contributed by atoms with E-state index in [0.717, 1.165) is 12.1 Å². The Balaban J connectivity index is 1.74. The average Bonchev–Trinajstić information content (AvgIpc) is 2.99. The Morgan fingerprint density at radius 1 is 1.00 bits per heavy atom. The van der Waals surface area contributed by atoms with Crippen LogP contribution in [-0.4, -0.2) is 48.8 Å². The molecule has 1 fully saturated rings. The van der Waals surface area contributed by atoms with E-state index < -0.39 is 29.7 Å². The van der Waals surface area contributed by atoms with Crippen molar-refractivity contribution < 1.29 is 28.5 Å². The summed E-state index contributed by atoms with van der Waals surface area (Å²) in [6, 6.07) is 4.08. The van der Waals surface area contributed by atoms with Crippen molar-refractivity contribution in [3.05, 3.63) is 42.2 Å². The average molecular weight is 406 g/mol. The Bertz CT molecular complexity index is 1050. The third kappa shape index (κ3) is 3.68. The number of hydrogen-bond donors (Lipinski definition) is 4. The molecule has 1 aliphatic carbocycles. The minimum atomic E-state index is -4.57. The van der Waals surface area contributed by atoms with Crippen LogP contribution in [0.5, 0.6) is 5.75 Å². The molecule has 3 aromatic rings. The number of nitrogens with zero attached hydrogens (tertiary/aromatic N) is 3. The van der Waals surface area contributed by atoms with Crippen LogP contribution >= 0.6 is 0 Å². The topological polar surface area (TPSA) is 111 Å². The van der Waals surface area contributed by atoms with Gasteiger partial charge in [-0.25, -0.2) is 0 Å². The standard InChI is InChI=1S/C19H17F3N4O3/c20-19(21,22)9-1-2-12(14(27)5-9)17-11-3-4-23-8-13(11)18(26-25-17)24-10-6-15(28)16(29)7-10/h1-5,8,10,15-16,27-29H,6-7H2,(H,24,26)/t15-,16-/m1/s1. The second-order valence-electron chi connectivity index (χ2n) is 7.00. The van der Waals surface area contributed by atoms with Crippen molar-refractivity contribution in [1.29, 1.82) is 0 Å². The molecular formula is C19H17F3N4O3. The SMILES string of the molecule is Oc1cc(C(F)(F)F)ccc1-c1nnc(NC2C[C@@H](O)[C@H](O)C2)c2cnccc12. The van der Waals surface area contributed by atoms with Crippen molar-refractivity contribution in [2.75, 3.05) is 5.32 Å². The predicted octanol–water partition coefficient (Wildman–Crippen LogP) is 2.71. The third-order valence-corrected chi connectivity index (χ3v) is 5.00. The van der Waals surface area contributed by atoms with E-state index in [-0.39, 0.29) is 17.3 Å². The van der Waals surface area contributed by atoms with Crippen molar-refractivity contribution in [3.63, 3.8) is 0 Å². The fourth-order valence-corrected chi connectivity index (χ4v) is 3.52. The van der Waals surface area contributed by atoms with Gasteiger partial charge in [-0.1, -0.05) is 0 Å². The van der Waals surface area contributed by atoms with E-state index in [1.165, 1.54) is 12.4 Å². The fraction of sp³-hybridized carbons (Fsp3) is 0.316. The van der Waals surface area contributed by atoms with Gasteiger partial charge in [-0.05, 0) is 37.1 Å². The lowest BCUT2D eigenvalue weighted by Crippen LogP contribution is -2.18. The number of nitrogens with one attached hydrogen (secondary N) is 1. The summed E-state index contributed by atoms with van der Waals surface area (Å²) in [4.78, 5) is 4.06. The smallest absolute Gasteiger partial charge is 0.416 e. The Labute approximate surface area is 162 Å². The molecule has 1 saturated carbocycles. The molecule has 7 nitrogen and oxygen atoms in total. The van der Waals surface area contributed by atoms with Gasteiger partial charge in [0, 0.05) is 34.8 Å². The molecule has 0 bridgehead atoms. The van der Waals surface area contributed by atoms with Crippen molar-refractivity contribution in [2.24, 2.45) is 0 Å². The summed E-state index contributed by atoms with van der Waals surface area (Å²) in [5.74, 6) is -0.190. The molecule has 0 radical (unpaired) electrons. The molecule has 2 heterocycles. The lowest BCUT2D eigenvalue weighted by molar-refractivity contribution is -0.137. The summed E-state index contributed by atoms with van der Waals surface area (Å²) >= 11 is 0. The maximum Gasteiger partial charge on any atom is 0.416 e. The second kappa shape index (κ2) is 7.12. The molecule has 0 unspecified atom stereocenters. The van der Waals surface area contributed by atoms with Crippen LogP contribution in [0.1, 0.15) is 18.4 Å². The Morgan fingerprint density at radius 3 is 2.38 bits per heavy atom. The maximum atomic E-state index is 12.9. The highest BCUT2D eigenvalue weighted by Gasteiger charge is 2.33. The van der Waals surface area contributed by atoms with Gasteiger partial charge in [0.05, 0.1) is 17.8 Å². The molecule has 2 atom stereocenters. The number of halogens is 3. The number of phenols is 1. The molecule has 1 aromatic carbocycles. The number of benzene rings is 1. The zero-order valence-electron chi connectivity index (χ0n) is 14.9. The Hall–Kier alpha value is -2.98. The monoisotopic (exact) mass is 406 g/mol. The minimum absolute atomic E-state index is 0.111. The van der Waals surface area contributed by atoms with Crippen molar-refractivity contribution in [2.45, 2.75) is 37.3 Å². The first-order valence-corrected chi connectivity index (χ1v) is 8.87. The van der Waals surface area contributed by atoms with Gasteiger partial charge < -0.3 is 20.6 Å². The molecule has 10 heteroatoms. The van der Waals surface area contributed by atoms with Crippen LogP contribution in [0.15, 0.2) is 36.7 Å².